The third-order valence-electron chi connectivity index (χ3n) is 2.76. The molecule has 1 unspecified atom stereocenters. The first-order chi connectivity index (χ1) is 9.06. The third kappa shape index (κ3) is 3.83. The maximum Gasteiger partial charge on any atom is 0.238 e. The zero-order valence-electron chi connectivity index (χ0n) is 10.0. The van der Waals surface area contributed by atoms with E-state index in [9.17, 15) is 9.59 Å². The Morgan fingerprint density at radius 2 is 2.05 bits per heavy atom. The first-order valence-corrected chi connectivity index (χ1v) is 6.56. The van der Waals surface area contributed by atoms with Crippen LogP contribution in [0.5, 0.6) is 0 Å². The summed E-state index contributed by atoms with van der Waals surface area (Å²) in [6.07, 6.45) is 0.389. The van der Waals surface area contributed by atoms with Crippen molar-refractivity contribution in [1.29, 1.82) is 0 Å². The maximum atomic E-state index is 11.8. The van der Waals surface area contributed by atoms with E-state index >= 15 is 0 Å². The molecule has 0 spiro atoms. The molecule has 3 N–H and O–H groups in total. The Balaban J connectivity index is 1.86. The number of carbonyl (C=O) groups excluding carboxylic acids is 2. The largest absolute Gasteiger partial charge is 0.354 e. The van der Waals surface area contributed by atoms with Gasteiger partial charge in [-0.05, 0) is 12.1 Å². The highest BCUT2D eigenvalue weighted by molar-refractivity contribution is 6.39. The molecule has 0 aliphatic carbocycles. The molecule has 1 aromatic carbocycles. The van der Waals surface area contributed by atoms with Gasteiger partial charge in [0, 0.05) is 19.0 Å². The fourth-order valence-corrected chi connectivity index (χ4v) is 2.28. The highest BCUT2D eigenvalue weighted by atomic mass is 35.5. The normalized spacial score (nSPS) is 18.2. The quantitative estimate of drug-likeness (QED) is 0.787. The number of para-hydroxylation sites is 1. The van der Waals surface area contributed by atoms with Gasteiger partial charge in [-0.2, -0.15) is 0 Å². The number of hydrogen-bond donors (Lipinski definition) is 3. The summed E-state index contributed by atoms with van der Waals surface area (Å²) in [7, 11) is 0. The summed E-state index contributed by atoms with van der Waals surface area (Å²) in [5, 5.41) is 9.09. The van der Waals surface area contributed by atoms with Crippen LogP contribution in [0, 0.1) is 0 Å². The van der Waals surface area contributed by atoms with Crippen LogP contribution in [0.4, 0.5) is 5.69 Å². The van der Waals surface area contributed by atoms with E-state index in [1.165, 1.54) is 0 Å². The van der Waals surface area contributed by atoms with Crippen molar-refractivity contribution in [2.45, 2.75) is 12.5 Å². The van der Waals surface area contributed by atoms with Gasteiger partial charge in [-0.25, -0.2) is 0 Å². The van der Waals surface area contributed by atoms with Crippen molar-refractivity contribution in [3.8, 4) is 0 Å². The Labute approximate surface area is 120 Å². The van der Waals surface area contributed by atoms with E-state index in [1.807, 2.05) is 0 Å². The monoisotopic (exact) mass is 301 g/mol. The standard InChI is InChI=1S/C12H13Cl2N3O2/c13-8-2-1-3-9(14)12(8)17-11(19)6-15-7-4-10(18)16-5-7/h1-3,7,15H,4-6H2,(H,16,18)(H,17,19). The molecule has 1 aliphatic rings. The van der Waals surface area contributed by atoms with Crippen molar-refractivity contribution >= 4 is 40.7 Å². The van der Waals surface area contributed by atoms with Crippen molar-refractivity contribution in [1.82, 2.24) is 10.6 Å². The van der Waals surface area contributed by atoms with Crippen molar-refractivity contribution in [3.63, 3.8) is 0 Å². The first-order valence-electron chi connectivity index (χ1n) is 5.80. The van der Waals surface area contributed by atoms with E-state index in [0.29, 0.717) is 28.7 Å². The predicted octanol–water partition coefficient (Wildman–Crippen LogP) is 1.41. The number of benzene rings is 1. The minimum absolute atomic E-state index is 0.00736. The molecule has 1 saturated heterocycles. The molecule has 0 saturated carbocycles. The minimum atomic E-state index is -0.255. The van der Waals surface area contributed by atoms with Crippen LogP contribution in [0.3, 0.4) is 0 Å². The lowest BCUT2D eigenvalue weighted by Gasteiger charge is -2.12. The molecule has 0 bridgehead atoms. The summed E-state index contributed by atoms with van der Waals surface area (Å²) in [5.74, 6) is -0.263. The summed E-state index contributed by atoms with van der Waals surface area (Å²) in [6.45, 7) is 0.639. The molecule has 2 amide bonds. The van der Waals surface area contributed by atoms with Gasteiger partial charge in [0.15, 0.2) is 0 Å². The van der Waals surface area contributed by atoms with E-state index in [0.717, 1.165) is 0 Å². The van der Waals surface area contributed by atoms with Gasteiger partial charge in [0.2, 0.25) is 11.8 Å². The second-order valence-electron chi connectivity index (χ2n) is 4.23. The van der Waals surface area contributed by atoms with Crippen LogP contribution < -0.4 is 16.0 Å². The predicted molar refractivity (Wildman–Crippen MR) is 74.5 cm³/mol. The zero-order chi connectivity index (χ0) is 13.8. The Kier molecular flexibility index (Phi) is 4.63. The highest BCUT2D eigenvalue weighted by Gasteiger charge is 2.21. The minimum Gasteiger partial charge on any atom is -0.354 e. The zero-order valence-corrected chi connectivity index (χ0v) is 11.5. The molecule has 1 aliphatic heterocycles. The van der Waals surface area contributed by atoms with Gasteiger partial charge in [-0.3, -0.25) is 9.59 Å². The number of rotatable bonds is 4. The Hall–Kier alpha value is -1.30. The molecule has 1 heterocycles. The lowest BCUT2D eigenvalue weighted by molar-refractivity contribution is -0.119. The van der Waals surface area contributed by atoms with Crippen molar-refractivity contribution < 1.29 is 9.59 Å². The van der Waals surface area contributed by atoms with Gasteiger partial charge in [-0.15, -0.1) is 0 Å². The average Bonchev–Trinajstić information content (AvgIpc) is 2.77. The molecule has 19 heavy (non-hydrogen) atoms. The summed E-state index contributed by atoms with van der Waals surface area (Å²) in [4.78, 5) is 22.8. The average molecular weight is 302 g/mol. The van der Waals surface area contributed by atoms with E-state index < -0.39 is 0 Å². The second-order valence-corrected chi connectivity index (χ2v) is 5.05. The number of anilines is 1. The summed E-state index contributed by atoms with van der Waals surface area (Å²) >= 11 is 11.9. The molecule has 1 fully saturated rings. The summed E-state index contributed by atoms with van der Waals surface area (Å²) < 4.78 is 0. The Bertz CT molecular complexity index is 487. The van der Waals surface area contributed by atoms with Gasteiger partial charge in [0.1, 0.15) is 0 Å². The number of nitrogens with one attached hydrogen (secondary N) is 3. The van der Waals surface area contributed by atoms with Crippen LogP contribution in [0.25, 0.3) is 0 Å². The molecule has 0 radical (unpaired) electrons. The van der Waals surface area contributed by atoms with Gasteiger partial charge in [-0.1, -0.05) is 29.3 Å². The third-order valence-corrected chi connectivity index (χ3v) is 3.39. The van der Waals surface area contributed by atoms with Gasteiger partial charge < -0.3 is 16.0 Å². The lowest BCUT2D eigenvalue weighted by atomic mass is 10.2. The van der Waals surface area contributed by atoms with Crippen LogP contribution in [-0.4, -0.2) is 30.9 Å². The maximum absolute atomic E-state index is 11.8. The SMILES string of the molecule is O=C1CC(NCC(=O)Nc2c(Cl)cccc2Cl)CN1. The molecule has 5 nitrogen and oxygen atoms in total. The summed E-state index contributed by atoms with van der Waals surface area (Å²) in [6, 6.07) is 4.99. The van der Waals surface area contributed by atoms with E-state index in [1.54, 1.807) is 18.2 Å². The Morgan fingerprint density at radius 1 is 1.37 bits per heavy atom. The van der Waals surface area contributed by atoms with Crippen molar-refractivity contribution in [3.05, 3.63) is 28.2 Å². The number of carbonyl (C=O) groups is 2. The van der Waals surface area contributed by atoms with Crippen LogP contribution in [0.2, 0.25) is 10.0 Å². The van der Waals surface area contributed by atoms with Crippen molar-refractivity contribution in [2.24, 2.45) is 0 Å². The molecule has 102 valence electrons. The topological polar surface area (TPSA) is 70.2 Å². The molecule has 1 atom stereocenters. The highest BCUT2D eigenvalue weighted by Crippen LogP contribution is 2.29. The van der Waals surface area contributed by atoms with Gasteiger partial charge >= 0.3 is 0 Å². The molecular weight excluding hydrogens is 289 g/mol. The van der Waals surface area contributed by atoms with E-state index in [2.05, 4.69) is 16.0 Å². The van der Waals surface area contributed by atoms with E-state index in [-0.39, 0.29) is 24.4 Å². The lowest BCUT2D eigenvalue weighted by Crippen LogP contribution is -2.37. The van der Waals surface area contributed by atoms with Crippen molar-refractivity contribution in [2.75, 3.05) is 18.4 Å². The number of halogens is 2. The summed E-state index contributed by atoms with van der Waals surface area (Å²) in [5.41, 5.74) is 0.401. The van der Waals surface area contributed by atoms with E-state index in [4.69, 9.17) is 23.2 Å². The Morgan fingerprint density at radius 3 is 2.63 bits per heavy atom. The smallest absolute Gasteiger partial charge is 0.238 e. The number of amides is 2. The van der Waals surface area contributed by atoms with Crippen LogP contribution >= 0.6 is 23.2 Å². The second kappa shape index (κ2) is 6.23. The fourth-order valence-electron chi connectivity index (χ4n) is 1.79. The molecule has 0 aromatic heterocycles. The molecule has 7 heteroatoms. The van der Waals surface area contributed by atoms with Gasteiger partial charge in [0.25, 0.3) is 0 Å². The first kappa shape index (κ1) is 14.1. The molecule has 1 aromatic rings. The fraction of sp³-hybridized carbons (Fsp3) is 0.333. The van der Waals surface area contributed by atoms with Crippen LogP contribution in [0.1, 0.15) is 6.42 Å². The van der Waals surface area contributed by atoms with Gasteiger partial charge in [0.05, 0.1) is 22.3 Å². The molecule has 2 rings (SSSR count). The number of hydrogen-bond acceptors (Lipinski definition) is 3. The van der Waals surface area contributed by atoms with Crippen LogP contribution in [0.15, 0.2) is 18.2 Å². The molecular formula is C12H13Cl2N3O2. The van der Waals surface area contributed by atoms with Crippen LogP contribution in [-0.2, 0) is 9.59 Å².